The molecule has 2 heterocycles. The summed E-state index contributed by atoms with van der Waals surface area (Å²) in [7, 11) is 0. The molecule has 0 aromatic carbocycles. The highest BCUT2D eigenvalue weighted by atomic mass is 15.2. The molecule has 0 fully saturated rings. The maximum Gasteiger partial charge on any atom is 0.129 e. The van der Waals surface area contributed by atoms with E-state index < -0.39 is 0 Å². The summed E-state index contributed by atoms with van der Waals surface area (Å²) in [4.78, 5) is 8.73. The molecule has 3 heteroatoms. The van der Waals surface area contributed by atoms with Crippen LogP contribution in [-0.2, 0) is 0 Å². The van der Waals surface area contributed by atoms with Gasteiger partial charge in [-0.05, 0) is 39.8 Å². The zero-order valence-electron chi connectivity index (χ0n) is 9.70. The molecular weight excluding hydrogens is 186 g/mol. The van der Waals surface area contributed by atoms with Crippen LogP contribution in [0.4, 0.5) is 0 Å². The van der Waals surface area contributed by atoms with Gasteiger partial charge in [0, 0.05) is 18.0 Å². The number of nitrogens with zero attached hydrogens (tertiary/aromatic N) is 2. The lowest BCUT2D eigenvalue weighted by Crippen LogP contribution is -2.50. The van der Waals surface area contributed by atoms with Crippen molar-refractivity contribution in [1.29, 1.82) is 0 Å². The number of aliphatic imine (C=N–C) groups is 1. The Balaban J connectivity index is 2.37. The van der Waals surface area contributed by atoms with E-state index in [4.69, 9.17) is 4.99 Å². The van der Waals surface area contributed by atoms with Gasteiger partial charge in [-0.1, -0.05) is 0 Å². The van der Waals surface area contributed by atoms with Crippen LogP contribution in [0, 0.1) is 0 Å². The molecule has 80 valence electrons. The third kappa shape index (κ3) is 1.62. The van der Waals surface area contributed by atoms with Gasteiger partial charge in [0.25, 0.3) is 0 Å². The minimum Gasteiger partial charge on any atom is -0.363 e. The van der Waals surface area contributed by atoms with Gasteiger partial charge in [0.1, 0.15) is 5.84 Å². The molecule has 1 aliphatic heterocycles. The Morgan fingerprint density at radius 3 is 2.13 bits per heavy atom. The normalized spacial score (nSPS) is 22.0. The number of nitrogens with one attached hydrogen (secondary N) is 1. The van der Waals surface area contributed by atoms with Crippen molar-refractivity contribution >= 4 is 5.84 Å². The van der Waals surface area contributed by atoms with Crippen LogP contribution < -0.4 is 5.32 Å². The Kier molecular flexibility index (Phi) is 2.07. The van der Waals surface area contributed by atoms with Gasteiger partial charge in [0.15, 0.2) is 0 Å². The quantitative estimate of drug-likeness (QED) is 0.758. The summed E-state index contributed by atoms with van der Waals surface area (Å²) in [6.45, 7) is 8.64. The molecule has 1 aromatic rings. The first-order valence-electron chi connectivity index (χ1n) is 5.21. The lowest BCUT2D eigenvalue weighted by atomic mass is 9.85. The van der Waals surface area contributed by atoms with Crippen molar-refractivity contribution in [2.45, 2.75) is 38.8 Å². The van der Waals surface area contributed by atoms with Crippen molar-refractivity contribution in [3.63, 3.8) is 0 Å². The molecular formula is C12H17N3. The lowest BCUT2D eigenvalue weighted by molar-refractivity contribution is 0.310. The third-order valence-corrected chi connectivity index (χ3v) is 3.31. The van der Waals surface area contributed by atoms with Gasteiger partial charge in [-0.2, -0.15) is 0 Å². The van der Waals surface area contributed by atoms with Gasteiger partial charge < -0.3 is 5.32 Å². The lowest BCUT2D eigenvalue weighted by Gasteiger charge is -2.32. The molecule has 0 saturated heterocycles. The number of hydrogen-bond acceptors (Lipinski definition) is 3. The van der Waals surface area contributed by atoms with Crippen LogP contribution in [0.25, 0.3) is 0 Å². The second-order valence-electron chi connectivity index (χ2n) is 5.01. The van der Waals surface area contributed by atoms with Crippen molar-refractivity contribution in [3.05, 3.63) is 30.1 Å². The van der Waals surface area contributed by atoms with Gasteiger partial charge in [-0.25, -0.2) is 0 Å². The highest BCUT2D eigenvalue weighted by Gasteiger charge is 2.42. The van der Waals surface area contributed by atoms with Crippen LogP contribution in [0.2, 0.25) is 0 Å². The van der Waals surface area contributed by atoms with Crippen molar-refractivity contribution < 1.29 is 0 Å². The summed E-state index contributed by atoms with van der Waals surface area (Å²) in [5.74, 6) is 0.965. The summed E-state index contributed by atoms with van der Waals surface area (Å²) in [5, 5.41) is 3.46. The fourth-order valence-electron chi connectivity index (χ4n) is 1.54. The van der Waals surface area contributed by atoms with Crippen LogP contribution in [0.3, 0.4) is 0 Å². The van der Waals surface area contributed by atoms with E-state index in [2.05, 4.69) is 38.0 Å². The molecule has 0 radical (unpaired) electrons. The Bertz CT molecular complexity index is 391. The maximum absolute atomic E-state index is 4.72. The first-order chi connectivity index (χ1) is 6.92. The number of aromatic nitrogens is 1. The topological polar surface area (TPSA) is 37.3 Å². The van der Waals surface area contributed by atoms with Crippen molar-refractivity contribution in [2.75, 3.05) is 0 Å². The molecule has 1 aliphatic rings. The van der Waals surface area contributed by atoms with E-state index in [0.717, 1.165) is 11.4 Å². The predicted octanol–water partition coefficient (Wildman–Crippen LogP) is 1.99. The summed E-state index contributed by atoms with van der Waals surface area (Å²) in [6.07, 6.45) is 3.58. The van der Waals surface area contributed by atoms with Gasteiger partial charge in [0.2, 0.25) is 0 Å². The molecule has 0 saturated carbocycles. The molecule has 0 amide bonds. The highest BCUT2D eigenvalue weighted by Crippen LogP contribution is 2.31. The molecule has 1 N–H and O–H groups in total. The van der Waals surface area contributed by atoms with E-state index in [1.165, 1.54) is 0 Å². The Labute approximate surface area is 90.6 Å². The molecule has 3 nitrogen and oxygen atoms in total. The van der Waals surface area contributed by atoms with Crippen LogP contribution in [-0.4, -0.2) is 21.9 Å². The van der Waals surface area contributed by atoms with Crippen LogP contribution in [0.1, 0.15) is 33.3 Å². The predicted molar refractivity (Wildman–Crippen MR) is 62.1 cm³/mol. The standard InChI is InChI=1S/C12H17N3/c1-11(2)12(3,4)15-10(14-11)9-5-7-13-8-6-9/h5-8H,1-4H3,(H,14,15). The van der Waals surface area contributed by atoms with E-state index in [1.807, 2.05) is 12.1 Å². The third-order valence-electron chi connectivity index (χ3n) is 3.31. The summed E-state index contributed by atoms with van der Waals surface area (Å²) >= 11 is 0. The van der Waals surface area contributed by atoms with Gasteiger partial charge >= 0.3 is 0 Å². The Hall–Kier alpha value is -1.38. The number of pyridine rings is 1. The minimum atomic E-state index is -0.0778. The van der Waals surface area contributed by atoms with Crippen molar-refractivity contribution in [3.8, 4) is 0 Å². The molecule has 1 aromatic heterocycles. The number of rotatable bonds is 1. The SMILES string of the molecule is CC1(C)N=C(c2ccncc2)NC1(C)C. The van der Waals surface area contributed by atoms with E-state index >= 15 is 0 Å². The van der Waals surface area contributed by atoms with Gasteiger partial charge in [-0.3, -0.25) is 9.98 Å². The van der Waals surface area contributed by atoms with Gasteiger partial charge in [0.05, 0.1) is 11.1 Å². The fourth-order valence-corrected chi connectivity index (χ4v) is 1.54. The molecule has 15 heavy (non-hydrogen) atoms. The van der Waals surface area contributed by atoms with E-state index in [0.29, 0.717) is 0 Å². The smallest absolute Gasteiger partial charge is 0.129 e. The fraction of sp³-hybridized carbons (Fsp3) is 0.500. The van der Waals surface area contributed by atoms with Crippen LogP contribution in [0.5, 0.6) is 0 Å². The molecule has 0 unspecified atom stereocenters. The van der Waals surface area contributed by atoms with Crippen molar-refractivity contribution in [2.24, 2.45) is 4.99 Å². The molecule has 0 atom stereocenters. The highest BCUT2D eigenvalue weighted by molar-refractivity contribution is 6.00. The van der Waals surface area contributed by atoms with E-state index in [9.17, 15) is 0 Å². The van der Waals surface area contributed by atoms with Crippen molar-refractivity contribution in [1.82, 2.24) is 10.3 Å². The zero-order chi connectivity index (χ0) is 11.1. The average molecular weight is 203 g/mol. The summed E-state index contributed by atoms with van der Waals surface area (Å²) < 4.78 is 0. The molecule has 0 spiro atoms. The summed E-state index contributed by atoms with van der Waals surface area (Å²) in [6, 6.07) is 3.95. The van der Waals surface area contributed by atoms with Crippen LogP contribution >= 0.6 is 0 Å². The molecule has 2 rings (SSSR count). The molecule has 0 bridgehead atoms. The summed E-state index contributed by atoms with van der Waals surface area (Å²) in [5.41, 5.74) is 1.01. The Morgan fingerprint density at radius 2 is 1.67 bits per heavy atom. The first-order valence-corrected chi connectivity index (χ1v) is 5.21. The Morgan fingerprint density at radius 1 is 1.07 bits per heavy atom. The molecule has 0 aliphatic carbocycles. The van der Waals surface area contributed by atoms with E-state index in [-0.39, 0.29) is 11.1 Å². The largest absolute Gasteiger partial charge is 0.363 e. The monoisotopic (exact) mass is 203 g/mol. The maximum atomic E-state index is 4.72. The van der Waals surface area contributed by atoms with E-state index in [1.54, 1.807) is 12.4 Å². The minimum absolute atomic E-state index is 0.00833. The van der Waals surface area contributed by atoms with Gasteiger partial charge in [-0.15, -0.1) is 0 Å². The zero-order valence-corrected chi connectivity index (χ0v) is 9.70. The number of amidine groups is 1. The first kappa shape index (κ1) is 10.1. The number of hydrogen-bond donors (Lipinski definition) is 1. The van der Waals surface area contributed by atoms with Crippen LogP contribution in [0.15, 0.2) is 29.5 Å². The average Bonchev–Trinajstić information content (AvgIpc) is 2.38. The second kappa shape index (κ2) is 3.05. The second-order valence-corrected chi connectivity index (χ2v) is 5.01.